The van der Waals surface area contributed by atoms with Crippen molar-refractivity contribution >= 4 is 40.7 Å². The number of benzene rings is 3. The van der Waals surface area contributed by atoms with Crippen molar-refractivity contribution in [3.05, 3.63) is 93.0 Å². The monoisotopic (exact) mass is 537 g/mol. The molecule has 0 aliphatic carbocycles. The minimum Gasteiger partial charge on any atom is -0.493 e. The second-order valence-corrected chi connectivity index (χ2v) is 8.89. The van der Waals surface area contributed by atoms with E-state index in [1.807, 2.05) is 0 Å². The summed E-state index contributed by atoms with van der Waals surface area (Å²) in [6.07, 6.45) is 0.0895. The first-order valence-corrected chi connectivity index (χ1v) is 12.0. The highest BCUT2D eigenvalue weighted by Crippen LogP contribution is 2.31. The highest BCUT2D eigenvalue weighted by molar-refractivity contribution is 6.32. The van der Waals surface area contributed by atoms with E-state index in [2.05, 4.69) is 0 Å². The molecule has 0 spiro atoms. The largest absolute Gasteiger partial charge is 0.493 e. The summed E-state index contributed by atoms with van der Waals surface area (Å²) in [5.41, 5.74) is 0.738. The summed E-state index contributed by atoms with van der Waals surface area (Å²) in [6, 6.07) is 16.3. The van der Waals surface area contributed by atoms with E-state index in [0.717, 1.165) is 16.5 Å². The molecular weight excluding hydrogens is 514 g/mol. The molecule has 1 unspecified atom stereocenters. The molecule has 3 aromatic rings. The van der Waals surface area contributed by atoms with Gasteiger partial charge in [0, 0.05) is 18.2 Å². The Balaban J connectivity index is 1.68. The van der Waals surface area contributed by atoms with Gasteiger partial charge in [-0.3, -0.25) is 24.5 Å². The molecule has 0 bridgehead atoms. The number of hydrogen-bond donors (Lipinski definition) is 0. The number of nitro benzene ring substituents is 1. The molecule has 10 nitrogen and oxygen atoms in total. The number of carbonyl (C=O) groups is 3. The molecule has 1 aliphatic heterocycles. The van der Waals surface area contributed by atoms with Gasteiger partial charge in [0.2, 0.25) is 5.91 Å². The predicted octanol–water partition coefficient (Wildman–Crippen LogP) is 4.28. The highest BCUT2D eigenvalue weighted by Gasteiger charge is 2.44. The summed E-state index contributed by atoms with van der Waals surface area (Å²) in [5.74, 6) is -0.597. The molecule has 4 rings (SSSR count). The van der Waals surface area contributed by atoms with Gasteiger partial charge in [0.25, 0.3) is 17.5 Å². The SMILES string of the molecule is COc1ccc(CCN(C(=O)c2ccc(Cl)c([N+](=O)[O-])c2)C2CC(=O)N(c3ccccc3)C2=O)cc1OC. The van der Waals surface area contributed by atoms with Crippen LogP contribution in [-0.2, 0) is 16.0 Å². The number of anilines is 1. The normalized spacial score (nSPS) is 14.9. The van der Waals surface area contributed by atoms with Crippen LogP contribution in [0.15, 0.2) is 66.7 Å². The second-order valence-electron chi connectivity index (χ2n) is 8.48. The Morgan fingerprint density at radius 2 is 1.76 bits per heavy atom. The number of halogens is 1. The van der Waals surface area contributed by atoms with E-state index in [9.17, 15) is 24.5 Å². The van der Waals surface area contributed by atoms with Crippen molar-refractivity contribution in [2.45, 2.75) is 18.9 Å². The van der Waals surface area contributed by atoms with E-state index in [4.69, 9.17) is 21.1 Å². The number of rotatable bonds is 9. The molecule has 38 heavy (non-hydrogen) atoms. The van der Waals surface area contributed by atoms with Gasteiger partial charge in [-0.05, 0) is 48.4 Å². The average molecular weight is 538 g/mol. The van der Waals surface area contributed by atoms with Crippen molar-refractivity contribution in [1.29, 1.82) is 0 Å². The molecule has 196 valence electrons. The summed E-state index contributed by atoms with van der Waals surface area (Å²) < 4.78 is 10.6. The van der Waals surface area contributed by atoms with Crippen LogP contribution in [0.3, 0.4) is 0 Å². The standard InChI is InChI=1S/C27H24ClN3O7/c1-37-23-11-8-17(14-24(23)38-2)12-13-29(26(33)18-9-10-20(28)21(15-18)31(35)36)22-16-25(32)30(27(22)34)19-6-4-3-5-7-19/h3-11,14-15,22H,12-13,16H2,1-2H3. The van der Waals surface area contributed by atoms with Gasteiger partial charge >= 0.3 is 0 Å². The third kappa shape index (κ3) is 5.30. The lowest BCUT2D eigenvalue weighted by atomic mass is 10.1. The van der Waals surface area contributed by atoms with Gasteiger partial charge in [0.15, 0.2) is 11.5 Å². The van der Waals surface area contributed by atoms with Gasteiger partial charge in [-0.2, -0.15) is 0 Å². The number of para-hydroxylation sites is 1. The first-order chi connectivity index (χ1) is 18.2. The van der Waals surface area contributed by atoms with Gasteiger partial charge in [-0.15, -0.1) is 0 Å². The number of hydrogen-bond acceptors (Lipinski definition) is 7. The summed E-state index contributed by atoms with van der Waals surface area (Å²) in [7, 11) is 3.02. The van der Waals surface area contributed by atoms with Crippen molar-refractivity contribution in [1.82, 2.24) is 4.90 Å². The fraction of sp³-hybridized carbons (Fsp3) is 0.222. The Bertz CT molecular complexity index is 1400. The Morgan fingerprint density at radius 1 is 1.05 bits per heavy atom. The fourth-order valence-corrected chi connectivity index (χ4v) is 4.53. The summed E-state index contributed by atoms with van der Waals surface area (Å²) in [4.78, 5) is 53.1. The van der Waals surface area contributed by atoms with Crippen molar-refractivity contribution in [2.75, 3.05) is 25.7 Å². The number of nitrogens with zero attached hydrogens (tertiary/aromatic N) is 3. The lowest BCUT2D eigenvalue weighted by Crippen LogP contribution is -2.46. The number of imide groups is 1. The second kappa shape index (κ2) is 11.3. The van der Waals surface area contributed by atoms with Crippen LogP contribution in [0.25, 0.3) is 0 Å². The van der Waals surface area contributed by atoms with Crippen LogP contribution >= 0.6 is 11.6 Å². The number of carbonyl (C=O) groups excluding carboxylic acids is 3. The lowest BCUT2D eigenvalue weighted by molar-refractivity contribution is -0.384. The smallest absolute Gasteiger partial charge is 0.288 e. The minimum absolute atomic E-state index is 0.0215. The molecule has 1 fully saturated rings. The Kier molecular flexibility index (Phi) is 7.92. The molecule has 0 radical (unpaired) electrons. The quantitative estimate of drug-likeness (QED) is 0.227. The molecule has 1 heterocycles. The molecule has 0 saturated carbocycles. The Morgan fingerprint density at radius 3 is 2.42 bits per heavy atom. The topological polar surface area (TPSA) is 119 Å². The van der Waals surface area contributed by atoms with Gasteiger partial charge in [-0.25, -0.2) is 4.90 Å². The number of nitro groups is 1. The molecular formula is C27H24ClN3O7. The highest BCUT2D eigenvalue weighted by atomic mass is 35.5. The third-order valence-corrected chi connectivity index (χ3v) is 6.57. The first-order valence-electron chi connectivity index (χ1n) is 11.6. The van der Waals surface area contributed by atoms with E-state index < -0.39 is 34.4 Å². The van der Waals surface area contributed by atoms with Crippen LogP contribution in [0, 0.1) is 10.1 Å². The van der Waals surface area contributed by atoms with Gasteiger partial charge in [-0.1, -0.05) is 35.9 Å². The summed E-state index contributed by atoms with van der Waals surface area (Å²) in [6.45, 7) is 0.0526. The zero-order valence-electron chi connectivity index (χ0n) is 20.6. The van der Waals surface area contributed by atoms with E-state index in [1.165, 1.54) is 31.3 Å². The summed E-state index contributed by atoms with van der Waals surface area (Å²) in [5, 5.41) is 11.3. The zero-order chi connectivity index (χ0) is 27.4. The summed E-state index contributed by atoms with van der Waals surface area (Å²) >= 11 is 5.93. The van der Waals surface area contributed by atoms with Crippen molar-refractivity contribution in [3.8, 4) is 11.5 Å². The Labute approximate surface area is 223 Å². The molecule has 0 N–H and O–H groups in total. The van der Waals surface area contributed by atoms with Crippen LogP contribution in [0.4, 0.5) is 11.4 Å². The zero-order valence-corrected chi connectivity index (χ0v) is 21.4. The number of methoxy groups -OCH3 is 2. The van der Waals surface area contributed by atoms with Gasteiger partial charge in [0.05, 0.1) is 31.3 Å². The maximum Gasteiger partial charge on any atom is 0.288 e. The molecule has 0 aromatic heterocycles. The maximum atomic E-state index is 13.7. The third-order valence-electron chi connectivity index (χ3n) is 6.25. The van der Waals surface area contributed by atoms with Crippen molar-refractivity contribution in [2.24, 2.45) is 0 Å². The van der Waals surface area contributed by atoms with Crippen molar-refractivity contribution < 1.29 is 28.8 Å². The van der Waals surface area contributed by atoms with Crippen LogP contribution < -0.4 is 14.4 Å². The van der Waals surface area contributed by atoms with Crippen LogP contribution in [-0.4, -0.2) is 54.4 Å². The van der Waals surface area contributed by atoms with E-state index in [-0.39, 0.29) is 23.6 Å². The lowest BCUT2D eigenvalue weighted by Gasteiger charge is -2.28. The Hall–Kier alpha value is -4.44. The van der Waals surface area contributed by atoms with Crippen LogP contribution in [0.1, 0.15) is 22.3 Å². The predicted molar refractivity (Wildman–Crippen MR) is 140 cm³/mol. The van der Waals surface area contributed by atoms with Crippen LogP contribution in [0.2, 0.25) is 5.02 Å². The van der Waals surface area contributed by atoms with E-state index >= 15 is 0 Å². The molecule has 1 aliphatic rings. The minimum atomic E-state index is -1.09. The molecule has 11 heteroatoms. The molecule has 3 aromatic carbocycles. The molecule has 3 amide bonds. The number of ether oxygens (including phenoxy) is 2. The van der Waals surface area contributed by atoms with Crippen molar-refractivity contribution in [3.63, 3.8) is 0 Å². The number of amides is 3. The van der Waals surface area contributed by atoms with Crippen LogP contribution in [0.5, 0.6) is 11.5 Å². The van der Waals surface area contributed by atoms with E-state index in [0.29, 0.717) is 23.6 Å². The van der Waals surface area contributed by atoms with E-state index in [1.54, 1.807) is 48.5 Å². The molecule has 1 saturated heterocycles. The maximum absolute atomic E-state index is 13.7. The molecule has 1 atom stereocenters. The fourth-order valence-electron chi connectivity index (χ4n) is 4.34. The van der Waals surface area contributed by atoms with Gasteiger partial charge < -0.3 is 14.4 Å². The van der Waals surface area contributed by atoms with Gasteiger partial charge in [0.1, 0.15) is 11.1 Å². The first kappa shape index (κ1) is 26.6. The average Bonchev–Trinajstić information content (AvgIpc) is 3.22.